The van der Waals surface area contributed by atoms with Crippen LogP contribution in [-0.4, -0.2) is 26.9 Å². The molecule has 8 nitrogen and oxygen atoms in total. The number of carboxylic acids is 1. The first kappa shape index (κ1) is 13.3. The number of H-pyrrole nitrogens is 1. The summed E-state index contributed by atoms with van der Waals surface area (Å²) >= 11 is 0. The van der Waals surface area contributed by atoms with Gasteiger partial charge in [0, 0.05) is 11.8 Å². The summed E-state index contributed by atoms with van der Waals surface area (Å²) in [4.78, 5) is 34.7. The third-order valence-corrected chi connectivity index (χ3v) is 2.50. The SMILES string of the molecule is O=C(O)c1ccc(NC(=O)c2ccc([N+](=O)[O-])[nH]2)cc1. The van der Waals surface area contributed by atoms with Crippen LogP contribution in [-0.2, 0) is 0 Å². The van der Waals surface area contributed by atoms with Gasteiger partial charge in [-0.3, -0.25) is 4.79 Å². The van der Waals surface area contributed by atoms with Crippen molar-refractivity contribution >= 4 is 23.4 Å². The minimum Gasteiger partial charge on any atom is -0.478 e. The first-order valence-electron chi connectivity index (χ1n) is 5.45. The summed E-state index contributed by atoms with van der Waals surface area (Å²) in [6.07, 6.45) is 0. The number of carbonyl (C=O) groups is 2. The van der Waals surface area contributed by atoms with Crippen molar-refractivity contribution in [2.45, 2.75) is 0 Å². The molecule has 1 amide bonds. The van der Waals surface area contributed by atoms with Crippen molar-refractivity contribution in [3.63, 3.8) is 0 Å². The van der Waals surface area contributed by atoms with Crippen LogP contribution >= 0.6 is 0 Å². The van der Waals surface area contributed by atoms with Crippen molar-refractivity contribution in [2.24, 2.45) is 0 Å². The topological polar surface area (TPSA) is 125 Å². The third-order valence-electron chi connectivity index (χ3n) is 2.50. The molecular formula is C12H9N3O5. The zero-order chi connectivity index (χ0) is 14.7. The quantitative estimate of drug-likeness (QED) is 0.580. The molecule has 0 atom stereocenters. The fourth-order valence-electron chi connectivity index (χ4n) is 1.52. The Bertz CT molecular complexity index is 675. The Hall–Kier alpha value is -3.16. The molecule has 20 heavy (non-hydrogen) atoms. The van der Waals surface area contributed by atoms with Crippen LogP contribution < -0.4 is 5.32 Å². The Morgan fingerprint density at radius 2 is 1.80 bits per heavy atom. The van der Waals surface area contributed by atoms with Crippen LogP contribution in [0.15, 0.2) is 36.4 Å². The molecule has 1 aromatic carbocycles. The van der Waals surface area contributed by atoms with E-state index in [0.29, 0.717) is 5.69 Å². The molecule has 8 heteroatoms. The molecule has 2 aromatic rings. The number of aromatic amines is 1. The largest absolute Gasteiger partial charge is 0.478 e. The van der Waals surface area contributed by atoms with Gasteiger partial charge in [0.05, 0.1) is 5.56 Å². The molecule has 0 fully saturated rings. The molecule has 0 saturated carbocycles. The van der Waals surface area contributed by atoms with Gasteiger partial charge in [-0.15, -0.1) is 0 Å². The lowest BCUT2D eigenvalue weighted by molar-refractivity contribution is -0.389. The minimum absolute atomic E-state index is 0.0408. The van der Waals surface area contributed by atoms with Gasteiger partial charge in [-0.25, -0.2) is 9.78 Å². The van der Waals surface area contributed by atoms with Gasteiger partial charge in [-0.2, -0.15) is 0 Å². The minimum atomic E-state index is -1.07. The zero-order valence-electron chi connectivity index (χ0n) is 9.99. The molecule has 0 spiro atoms. The Labute approximate surface area is 112 Å². The van der Waals surface area contributed by atoms with Gasteiger partial charge >= 0.3 is 11.8 Å². The van der Waals surface area contributed by atoms with Crippen LogP contribution in [0.4, 0.5) is 11.5 Å². The van der Waals surface area contributed by atoms with E-state index in [1.54, 1.807) is 0 Å². The second-order valence-corrected chi connectivity index (χ2v) is 3.85. The number of benzene rings is 1. The Balaban J connectivity index is 2.10. The Morgan fingerprint density at radius 3 is 2.30 bits per heavy atom. The fourth-order valence-corrected chi connectivity index (χ4v) is 1.52. The van der Waals surface area contributed by atoms with Crippen molar-refractivity contribution in [1.82, 2.24) is 4.98 Å². The van der Waals surface area contributed by atoms with Crippen molar-refractivity contribution < 1.29 is 19.6 Å². The Morgan fingerprint density at radius 1 is 1.15 bits per heavy atom. The number of hydrogen-bond acceptors (Lipinski definition) is 4. The first-order chi connectivity index (χ1) is 9.47. The average molecular weight is 275 g/mol. The van der Waals surface area contributed by atoms with Crippen molar-refractivity contribution in [2.75, 3.05) is 5.32 Å². The molecule has 0 aliphatic rings. The summed E-state index contributed by atoms with van der Waals surface area (Å²) in [5.41, 5.74) is 0.523. The Kier molecular flexibility index (Phi) is 3.47. The highest BCUT2D eigenvalue weighted by molar-refractivity contribution is 6.03. The van der Waals surface area contributed by atoms with E-state index < -0.39 is 16.8 Å². The number of rotatable bonds is 4. The first-order valence-corrected chi connectivity index (χ1v) is 5.45. The number of anilines is 1. The highest BCUT2D eigenvalue weighted by atomic mass is 16.6. The molecule has 0 unspecified atom stereocenters. The van der Waals surface area contributed by atoms with Gasteiger partial charge in [0.1, 0.15) is 0 Å². The van der Waals surface area contributed by atoms with Crippen molar-refractivity contribution in [3.8, 4) is 0 Å². The second-order valence-electron chi connectivity index (χ2n) is 3.85. The molecule has 0 aliphatic carbocycles. The average Bonchev–Trinajstić information content (AvgIpc) is 2.89. The molecule has 0 bridgehead atoms. The predicted octanol–water partition coefficient (Wildman–Crippen LogP) is 1.87. The van der Waals surface area contributed by atoms with E-state index in [9.17, 15) is 19.7 Å². The van der Waals surface area contributed by atoms with Crippen LogP contribution in [0.1, 0.15) is 20.8 Å². The molecule has 2 rings (SSSR count). The van der Waals surface area contributed by atoms with E-state index in [1.165, 1.54) is 36.4 Å². The molecular weight excluding hydrogens is 266 g/mol. The van der Waals surface area contributed by atoms with Crippen molar-refractivity contribution in [3.05, 3.63) is 57.8 Å². The molecule has 0 radical (unpaired) electrons. The molecule has 3 N–H and O–H groups in total. The highest BCUT2D eigenvalue weighted by Gasteiger charge is 2.15. The van der Waals surface area contributed by atoms with Crippen LogP contribution in [0.2, 0.25) is 0 Å². The summed E-state index contributed by atoms with van der Waals surface area (Å²) in [5.74, 6) is -1.90. The van der Waals surface area contributed by atoms with E-state index in [0.717, 1.165) is 0 Å². The van der Waals surface area contributed by atoms with Gasteiger partial charge in [0.2, 0.25) is 0 Å². The van der Waals surface area contributed by atoms with Crippen LogP contribution in [0.25, 0.3) is 0 Å². The van der Waals surface area contributed by atoms with Gasteiger partial charge in [-0.1, -0.05) is 0 Å². The summed E-state index contributed by atoms with van der Waals surface area (Å²) < 4.78 is 0. The third kappa shape index (κ3) is 2.80. The standard InChI is InChI=1S/C12H9N3O5/c16-11(9-5-6-10(14-9)15(19)20)13-8-3-1-7(2-4-8)12(17)18/h1-6,14H,(H,13,16)(H,17,18). The number of aromatic nitrogens is 1. The van der Waals surface area contributed by atoms with Gasteiger partial charge in [0.15, 0.2) is 5.69 Å². The number of carboxylic acid groups (broad SMARTS) is 1. The van der Waals surface area contributed by atoms with E-state index in [4.69, 9.17) is 5.11 Å². The number of nitrogens with one attached hydrogen (secondary N) is 2. The van der Waals surface area contributed by atoms with Gasteiger partial charge in [0.25, 0.3) is 5.91 Å². The lowest BCUT2D eigenvalue weighted by atomic mass is 10.2. The second kappa shape index (κ2) is 5.22. The lowest BCUT2D eigenvalue weighted by Crippen LogP contribution is -2.12. The van der Waals surface area contributed by atoms with Crippen molar-refractivity contribution in [1.29, 1.82) is 0 Å². The number of nitrogens with zero attached hydrogens (tertiary/aromatic N) is 1. The fraction of sp³-hybridized carbons (Fsp3) is 0. The van der Waals surface area contributed by atoms with Crippen LogP contribution in [0.5, 0.6) is 0 Å². The molecule has 0 saturated heterocycles. The maximum absolute atomic E-state index is 11.8. The number of hydrogen-bond donors (Lipinski definition) is 3. The van der Waals surface area contributed by atoms with Gasteiger partial charge in [-0.05, 0) is 35.3 Å². The number of aromatic carboxylic acids is 1. The maximum Gasteiger partial charge on any atom is 0.335 e. The summed E-state index contributed by atoms with van der Waals surface area (Å²) in [5, 5.41) is 21.7. The molecule has 102 valence electrons. The normalized spacial score (nSPS) is 10.0. The predicted molar refractivity (Wildman–Crippen MR) is 68.8 cm³/mol. The van der Waals surface area contributed by atoms with Crippen LogP contribution in [0.3, 0.4) is 0 Å². The van der Waals surface area contributed by atoms with Crippen LogP contribution in [0, 0.1) is 10.1 Å². The molecule has 1 heterocycles. The zero-order valence-corrected chi connectivity index (χ0v) is 9.99. The summed E-state index contributed by atoms with van der Waals surface area (Å²) in [6.45, 7) is 0. The van der Waals surface area contributed by atoms with E-state index in [-0.39, 0.29) is 17.1 Å². The monoisotopic (exact) mass is 275 g/mol. The molecule has 0 aliphatic heterocycles. The number of nitro groups is 1. The smallest absolute Gasteiger partial charge is 0.335 e. The summed E-state index contributed by atoms with van der Waals surface area (Å²) in [6, 6.07) is 8.02. The van der Waals surface area contributed by atoms with Gasteiger partial charge < -0.3 is 20.5 Å². The van der Waals surface area contributed by atoms with E-state index >= 15 is 0 Å². The van der Waals surface area contributed by atoms with E-state index in [2.05, 4.69) is 10.3 Å². The maximum atomic E-state index is 11.8. The van der Waals surface area contributed by atoms with E-state index in [1.807, 2.05) is 0 Å². The molecule has 1 aromatic heterocycles. The lowest BCUT2D eigenvalue weighted by Gasteiger charge is -2.02. The highest BCUT2D eigenvalue weighted by Crippen LogP contribution is 2.14. The number of amides is 1. The number of carbonyl (C=O) groups excluding carboxylic acids is 1. The summed E-state index contributed by atoms with van der Waals surface area (Å²) in [7, 11) is 0.